The number of hydrogen-bond acceptors (Lipinski definition) is 4. The van der Waals surface area contributed by atoms with E-state index in [2.05, 4.69) is 4.98 Å². The zero-order valence-electron chi connectivity index (χ0n) is 7.49. The molecule has 4 nitrogen and oxygen atoms in total. The highest BCUT2D eigenvalue weighted by Crippen LogP contribution is 2.19. The Morgan fingerprint density at radius 1 is 1.69 bits per heavy atom. The number of nitriles is 1. The maximum atomic E-state index is 8.47. The number of aromatic nitrogens is 1. The van der Waals surface area contributed by atoms with Crippen molar-refractivity contribution < 1.29 is 0 Å². The Balaban J connectivity index is 3.00. The maximum absolute atomic E-state index is 8.47. The van der Waals surface area contributed by atoms with Gasteiger partial charge in [0.2, 0.25) is 0 Å². The van der Waals surface area contributed by atoms with Crippen LogP contribution in [0, 0.1) is 18.3 Å². The molecule has 0 spiro atoms. The average Bonchev–Trinajstić information content (AvgIpc) is 2.09. The largest absolute Gasteiger partial charge is 0.383 e. The van der Waals surface area contributed by atoms with Gasteiger partial charge in [-0.15, -0.1) is 0 Å². The van der Waals surface area contributed by atoms with Gasteiger partial charge in [-0.3, -0.25) is 0 Å². The third-order valence-corrected chi connectivity index (χ3v) is 1.80. The van der Waals surface area contributed by atoms with Gasteiger partial charge in [0.05, 0.1) is 12.5 Å². The maximum Gasteiger partial charge on any atom is 0.128 e. The lowest BCUT2D eigenvalue weighted by Gasteiger charge is -2.10. The van der Waals surface area contributed by atoms with Crippen LogP contribution in [0.25, 0.3) is 0 Å². The number of rotatable bonds is 2. The van der Waals surface area contributed by atoms with Crippen LogP contribution in [0.15, 0.2) is 12.3 Å². The molecule has 0 saturated heterocycles. The lowest BCUT2D eigenvalue weighted by molar-refractivity contribution is 0.746. The van der Waals surface area contributed by atoms with Gasteiger partial charge in [-0.1, -0.05) is 0 Å². The van der Waals surface area contributed by atoms with Crippen LogP contribution >= 0.6 is 0 Å². The minimum absolute atomic E-state index is 0.259. The highest BCUT2D eigenvalue weighted by atomic mass is 14.8. The molecule has 0 unspecified atom stereocenters. The van der Waals surface area contributed by atoms with Crippen molar-refractivity contribution in [2.24, 2.45) is 5.73 Å². The van der Waals surface area contributed by atoms with Crippen LogP contribution in [0.5, 0.6) is 0 Å². The normalized spacial score (nSPS) is 12.1. The lowest BCUT2D eigenvalue weighted by atomic mass is 10.0. The topological polar surface area (TPSA) is 88.7 Å². The van der Waals surface area contributed by atoms with Crippen molar-refractivity contribution in [2.45, 2.75) is 19.4 Å². The summed E-state index contributed by atoms with van der Waals surface area (Å²) in [6, 6.07) is 3.53. The zero-order chi connectivity index (χ0) is 9.84. The molecular weight excluding hydrogens is 164 g/mol. The van der Waals surface area contributed by atoms with E-state index in [4.69, 9.17) is 16.7 Å². The van der Waals surface area contributed by atoms with Gasteiger partial charge in [-0.25, -0.2) is 4.98 Å². The van der Waals surface area contributed by atoms with E-state index in [9.17, 15) is 0 Å². The molecule has 0 saturated carbocycles. The Morgan fingerprint density at radius 3 is 3.00 bits per heavy atom. The Morgan fingerprint density at radius 2 is 2.38 bits per heavy atom. The minimum Gasteiger partial charge on any atom is -0.383 e. The zero-order valence-corrected chi connectivity index (χ0v) is 7.49. The molecule has 0 radical (unpaired) electrons. The van der Waals surface area contributed by atoms with Gasteiger partial charge >= 0.3 is 0 Å². The lowest BCUT2D eigenvalue weighted by Crippen LogP contribution is -2.12. The highest BCUT2D eigenvalue weighted by Gasteiger charge is 2.09. The van der Waals surface area contributed by atoms with Crippen molar-refractivity contribution in [3.63, 3.8) is 0 Å². The van der Waals surface area contributed by atoms with Crippen LogP contribution in [0.3, 0.4) is 0 Å². The van der Waals surface area contributed by atoms with Crippen molar-refractivity contribution in [1.82, 2.24) is 4.98 Å². The molecule has 1 rings (SSSR count). The summed E-state index contributed by atoms with van der Waals surface area (Å²) in [5.74, 6) is 0.411. The van der Waals surface area contributed by atoms with Gasteiger partial charge in [-0.05, 0) is 18.6 Å². The van der Waals surface area contributed by atoms with Crippen molar-refractivity contribution in [3.05, 3.63) is 23.4 Å². The molecule has 0 amide bonds. The number of nitrogens with zero attached hydrogens (tertiary/aromatic N) is 2. The molecule has 1 atom stereocenters. The Labute approximate surface area is 77.2 Å². The Kier molecular flexibility index (Phi) is 2.83. The SMILES string of the molecule is Cc1cnc(N)c([C@H](N)CC#N)c1. The Hall–Kier alpha value is -1.60. The molecule has 4 heteroatoms. The minimum atomic E-state index is -0.336. The first-order valence-electron chi connectivity index (χ1n) is 3.99. The van der Waals surface area contributed by atoms with Crippen molar-refractivity contribution in [2.75, 3.05) is 5.73 Å². The molecule has 4 N–H and O–H groups in total. The molecule has 68 valence electrons. The number of hydrogen-bond donors (Lipinski definition) is 2. The van der Waals surface area contributed by atoms with Gasteiger partial charge in [0.1, 0.15) is 5.82 Å². The standard InChI is InChI=1S/C9H12N4/c1-6-4-7(8(11)2-3-10)9(12)13-5-6/h4-5,8H,2,11H2,1H3,(H2,12,13)/t8-/m1/s1. The van der Waals surface area contributed by atoms with E-state index in [1.54, 1.807) is 6.20 Å². The van der Waals surface area contributed by atoms with E-state index in [-0.39, 0.29) is 12.5 Å². The van der Waals surface area contributed by atoms with Crippen molar-refractivity contribution in [1.29, 1.82) is 5.26 Å². The Bertz CT molecular complexity index is 340. The molecule has 1 aromatic rings. The van der Waals surface area contributed by atoms with Crippen LogP contribution in [0.1, 0.15) is 23.6 Å². The summed E-state index contributed by atoms with van der Waals surface area (Å²) < 4.78 is 0. The fraction of sp³-hybridized carbons (Fsp3) is 0.333. The summed E-state index contributed by atoms with van der Waals surface area (Å²) in [5.41, 5.74) is 13.1. The molecular formula is C9H12N4. The van der Waals surface area contributed by atoms with Crippen molar-refractivity contribution in [3.8, 4) is 6.07 Å². The van der Waals surface area contributed by atoms with Crippen LogP contribution in [-0.4, -0.2) is 4.98 Å². The average molecular weight is 176 g/mol. The van der Waals surface area contributed by atoms with E-state index >= 15 is 0 Å². The van der Waals surface area contributed by atoms with E-state index in [1.807, 2.05) is 19.1 Å². The molecule has 1 heterocycles. The van der Waals surface area contributed by atoms with Crippen LogP contribution in [-0.2, 0) is 0 Å². The van der Waals surface area contributed by atoms with Gasteiger partial charge in [0.15, 0.2) is 0 Å². The number of anilines is 1. The van der Waals surface area contributed by atoms with E-state index in [1.165, 1.54) is 0 Å². The fourth-order valence-electron chi connectivity index (χ4n) is 1.11. The highest BCUT2D eigenvalue weighted by molar-refractivity contribution is 5.43. The van der Waals surface area contributed by atoms with Crippen LogP contribution in [0.4, 0.5) is 5.82 Å². The first-order valence-corrected chi connectivity index (χ1v) is 3.99. The summed E-state index contributed by atoms with van der Waals surface area (Å²) in [6.45, 7) is 1.91. The van der Waals surface area contributed by atoms with E-state index in [0.717, 1.165) is 11.1 Å². The second kappa shape index (κ2) is 3.87. The number of nitrogens with two attached hydrogens (primary N) is 2. The van der Waals surface area contributed by atoms with Crippen LogP contribution in [0.2, 0.25) is 0 Å². The molecule has 0 aliphatic heterocycles. The molecule has 1 aromatic heterocycles. The molecule has 0 fully saturated rings. The smallest absolute Gasteiger partial charge is 0.128 e. The molecule has 0 aliphatic carbocycles. The molecule has 0 aromatic carbocycles. The second-order valence-corrected chi connectivity index (χ2v) is 2.96. The predicted molar refractivity (Wildman–Crippen MR) is 50.5 cm³/mol. The third-order valence-electron chi connectivity index (χ3n) is 1.80. The first-order chi connectivity index (χ1) is 6.15. The first kappa shape index (κ1) is 9.49. The number of nitrogen functional groups attached to an aromatic ring is 1. The third kappa shape index (κ3) is 2.17. The summed E-state index contributed by atoms with van der Waals surface area (Å²) in [7, 11) is 0. The number of aryl methyl sites for hydroxylation is 1. The number of pyridine rings is 1. The monoisotopic (exact) mass is 176 g/mol. The van der Waals surface area contributed by atoms with Crippen LogP contribution < -0.4 is 11.5 Å². The summed E-state index contributed by atoms with van der Waals surface area (Å²) in [4.78, 5) is 3.97. The summed E-state index contributed by atoms with van der Waals surface area (Å²) in [6.07, 6.45) is 1.94. The van der Waals surface area contributed by atoms with Gasteiger partial charge in [0, 0.05) is 17.8 Å². The van der Waals surface area contributed by atoms with E-state index in [0.29, 0.717) is 5.82 Å². The van der Waals surface area contributed by atoms with Crippen molar-refractivity contribution >= 4 is 5.82 Å². The quantitative estimate of drug-likeness (QED) is 0.700. The van der Waals surface area contributed by atoms with Gasteiger partial charge < -0.3 is 11.5 Å². The molecule has 0 bridgehead atoms. The summed E-state index contributed by atoms with van der Waals surface area (Å²) >= 11 is 0. The van der Waals surface area contributed by atoms with Gasteiger partial charge in [0.25, 0.3) is 0 Å². The predicted octanol–water partition coefficient (Wildman–Crippen LogP) is 0.886. The van der Waals surface area contributed by atoms with Gasteiger partial charge in [-0.2, -0.15) is 5.26 Å². The van der Waals surface area contributed by atoms with E-state index < -0.39 is 0 Å². The summed E-state index contributed by atoms with van der Waals surface area (Å²) in [5, 5.41) is 8.47. The second-order valence-electron chi connectivity index (χ2n) is 2.96. The fourth-order valence-corrected chi connectivity index (χ4v) is 1.11. The molecule has 0 aliphatic rings. The molecule has 13 heavy (non-hydrogen) atoms.